The summed E-state index contributed by atoms with van der Waals surface area (Å²) in [6.45, 7) is 8.25. The summed E-state index contributed by atoms with van der Waals surface area (Å²) in [6.07, 6.45) is 2.91. The number of amides is 1. The first-order valence-corrected chi connectivity index (χ1v) is 10.5. The highest BCUT2D eigenvalue weighted by atomic mass is 32.1. The first-order chi connectivity index (χ1) is 13.0. The molecule has 0 bridgehead atoms. The van der Waals surface area contributed by atoms with E-state index in [1.165, 1.54) is 0 Å². The van der Waals surface area contributed by atoms with Gasteiger partial charge in [0.1, 0.15) is 18.1 Å². The number of benzene rings is 1. The molecule has 144 valence electrons. The SMILES string of the molecule is Cc1nc(CC(C)C)sc1C(=O)N1CCCC1c1ccc2c(c1)OCCO2. The molecule has 0 N–H and O–H groups in total. The van der Waals surface area contributed by atoms with Crippen molar-refractivity contribution in [2.24, 2.45) is 5.92 Å². The standard InChI is InChI=1S/C21H26N2O3S/c1-13(2)11-19-22-14(3)20(27-19)21(24)23-8-4-5-16(23)15-6-7-17-18(12-15)26-10-9-25-17/h6-7,12-13,16H,4-5,8-11H2,1-3H3. The van der Waals surface area contributed by atoms with E-state index >= 15 is 0 Å². The van der Waals surface area contributed by atoms with E-state index < -0.39 is 0 Å². The lowest BCUT2D eigenvalue weighted by atomic mass is 10.0. The predicted octanol–water partition coefficient (Wildman–Crippen LogP) is 4.40. The largest absolute Gasteiger partial charge is 0.486 e. The van der Waals surface area contributed by atoms with Crippen molar-refractivity contribution in [1.29, 1.82) is 0 Å². The smallest absolute Gasteiger partial charge is 0.266 e. The van der Waals surface area contributed by atoms with E-state index in [-0.39, 0.29) is 11.9 Å². The van der Waals surface area contributed by atoms with Gasteiger partial charge < -0.3 is 14.4 Å². The van der Waals surface area contributed by atoms with Gasteiger partial charge in [-0.25, -0.2) is 4.98 Å². The molecule has 1 atom stereocenters. The molecule has 1 aromatic heterocycles. The molecule has 1 saturated heterocycles. The zero-order chi connectivity index (χ0) is 19.0. The number of carbonyl (C=O) groups excluding carboxylic acids is 1. The summed E-state index contributed by atoms with van der Waals surface area (Å²) in [5.74, 6) is 2.22. The molecule has 0 saturated carbocycles. The number of aryl methyl sites for hydroxylation is 1. The molecule has 1 fully saturated rings. The van der Waals surface area contributed by atoms with Gasteiger partial charge in [-0.15, -0.1) is 11.3 Å². The number of likely N-dealkylation sites (tertiary alicyclic amines) is 1. The van der Waals surface area contributed by atoms with Gasteiger partial charge in [-0.3, -0.25) is 4.79 Å². The van der Waals surface area contributed by atoms with Crippen molar-refractivity contribution in [2.75, 3.05) is 19.8 Å². The van der Waals surface area contributed by atoms with Gasteiger partial charge in [-0.1, -0.05) is 19.9 Å². The maximum Gasteiger partial charge on any atom is 0.266 e. The van der Waals surface area contributed by atoms with Crippen LogP contribution in [0.2, 0.25) is 0 Å². The van der Waals surface area contributed by atoms with E-state index in [1.807, 2.05) is 24.0 Å². The van der Waals surface area contributed by atoms with Gasteiger partial charge in [0.25, 0.3) is 5.91 Å². The minimum absolute atomic E-state index is 0.0865. The fraction of sp³-hybridized carbons (Fsp3) is 0.524. The number of nitrogens with zero attached hydrogens (tertiary/aromatic N) is 2. The molecule has 2 aliphatic heterocycles. The van der Waals surface area contributed by atoms with Crippen molar-refractivity contribution in [1.82, 2.24) is 9.88 Å². The average molecular weight is 387 g/mol. The monoisotopic (exact) mass is 386 g/mol. The maximum absolute atomic E-state index is 13.3. The van der Waals surface area contributed by atoms with Crippen molar-refractivity contribution < 1.29 is 14.3 Å². The Morgan fingerprint density at radius 3 is 2.85 bits per heavy atom. The molecule has 5 nitrogen and oxygen atoms in total. The van der Waals surface area contributed by atoms with Crippen molar-refractivity contribution >= 4 is 17.2 Å². The Morgan fingerprint density at radius 2 is 2.07 bits per heavy atom. The van der Waals surface area contributed by atoms with Gasteiger partial charge in [0, 0.05) is 13.0 Å². The minimum Gasteiger partial charge on any atom is -0.486 e. The molecule has 3 heterocycles. The van der Waals surface area contributed by atoms with E-state index in [1.54, 1.807) is 11.3 Å². The summed E-state index contributed by atoms with van der Waals surface area (Å²) >= 11 is 1.56. The second-order valence-corrected chi connectivity index (χ2v) is 8.76. The van der Waals surface area contributed by atoms with Crippen LogP contribution in [0.25, 0.3) is 0 Å². The third-order valence-corrected chi connectivity index (χ3v) is 6.25. The molecule has 1 aromatic carbocycles. The molecule has 4 rings (SSSR count). The van der Waals surface area contributed by atoms with Crippen LogP contribution in [0.4, 0.5) is 0 Å². The number of fused-ring (bicyclic) bond motifs is 1. The third kappa shape index (κ3) is 3.68. The number of ether oxygens (including phenoxy) is 2. The van der Waals surface area contributed by atoms with Crippen LogP contribution in [0.3, 0.4) is 0 Å². The van der Waals surface area contributed by atoms with Gasteiger partial charge in [0.2, 0.25) is 0 Å². The van der Waals surface area contributed by atoms with Crippen molar-refractivity contribution in [2.45, 2.75) is 46.1 Å². The molecular weight excluding hydrogens is 360 g/mol. The van der Waals surface area contributed by atoms with E-state index in [4.69, 9.17) is 9.47 Å². The zero-order valence-corrected chi connectivity index (χ0v) is 17.0. The van der Waals surface area contributed by atoms with Gasteiger partial charge in [-0.2, -0.15) is 0 Å². The second kappa shape index (κ2) is 7.50. The third-order valence-electron chi connectivity index (χ3n) is 5.08. The van der Waals surface area contributed by atoms with Crippen molar-refractivity contribution in [3.63, 3.8) is 0 Å². The Hall–Kier alpha value is -2.08. The molecule has 0 radical (unpaired) electrons. The lowest BCUT2D eigenvalue weighted by molar-refractivity contribution is 0.0739. The van der Waals surface area contributed by atoms with Crippen LogP contribution in [0, 0.1) is 12.8 Å². The Morgan fingerprint density at radius 1 is 1.30 bits per heavy atom. The molecular formula is C21H26N2O3S. The van der Waals surface area contributed by atoms with Crippen molar-refractivity contribution in [3.8, 4) is 11.5 Å². The molecule has 6 heteroatoms. The van der Waals surface area contributed by atoms with Crippen LogP contribution < -0.4 is 9.47 Å². The fourth-order valence-corrected chi connectivity index (χ4v) is 5.07. The number of rotatable bonds is 4. The normalized spacial score (nSPS) is 19.0. The van der Waals surface area contributed by atoms with Gasteiger partial charge in [-0.05, 0) is 43.4 Å². The van der Waals surface area contributed by atoms with Gasteiger partial charge in [0.05, 0.1) is 16.7 Å². The first-order valence-electron chi connectivity index (χ1n) is 9.69. The highest BCUT2D eigenvalue weighted by Crippen LogP contribution is 2.39. The van der Waals surface area contributed by atoms with Gasteiger partial charge in [0.15, 0.2) is 11.5 Å². The number of carbonyl (C=O) groups is 1. The van der Waals surface area contributed by atoms with Crippen LogP contribution in [0.1, 0.15) is 58.7 Å². The highest BCUT2D eigenvalue weighted by molar-refractivity contribution is 7.13. The zero-order valence-electron chi connectivity index (χ0n) is 16.2. The Balaban J connectivity index is 1.58. The quantitative estimate of drug-likeness (QED) is 0.782. The highest BCUT2D eigenvalue weighted by Gasteiger charge is 2.33. The lowest BCUT2D eigenvalue weighted by Crippen LogP contribution is -2.30. The van der Waals surface area contributed by atoms with Crippen molar-refractivity contribution in [3.05, 3.63) is 39.3 Å². The molecule has 27 heavy (non-hydrogen) atoms. The number of aromatic nitrogens is 1. The minimum atomic E-state index is 0.0865. The number of hydrogen-bond acceptors (Lipinski definition) is 5. The summed E-state index contributed by atoms with van der Waals surface area (Å²) in [7, 11) is 0. The first kappa shape index (κ1) is 18.3. The van der Waals surface area contributed by atoms with Crippen LogP contribution in [-0.4, -0.2) is 35.5 Å². The van der Waals surface area contributed by atoms with E-state index in [2.05, 4.69) is 24.9 Å². The van der Waals surface area contributed by atoms with Crippen LogP contribution in [0.5, 0.6) is 11.5 Å². The molecule has 0 aliphatic carbocycles. The summed E-state index contributed by atoms with van der Waals surface area (Å²) in [5.41, 5.74) is 1.98. The van der Waals surface area contributed by atoms with E-state index in [9.17, 15) is 4.79 Å². The summed E-state index contributed by atoms with van der Waals surface area (Å²) in [4.78, 5) is 20.7. The van der Waals surface area contributed by atoms with Crippen LogP contribution >= 0.6 is 11.3 Å². The summed E-state index contributed by atoms with van der Waals surface area (Å²) in [5, 5.41) is 1.06. The summed E-state index contributed by atoms with van der Waals surface area (Å²) < 4.78 is 11.3. The van der Waals surface area contributed by atoms with Crippen LogP contribution in [-0.2, 0) is 6.42 Å². The molecule has 1 unspecified atom stereocenters. The topological polar surface area (TPSA) is 51.7 Å². The lowest BCUT2D eigenvalue weighted by Gasteiger charge is -2.26. The van der Waals surface area contributed by atoms with E-state index in [0.29, 0.717) is 19.1 Å². The summed E-state index contributed by atoms with van der Waals surface area (Å²) in [6, 6.07) is 6.15. The molecule has 2 aromatic rings. The Bertz CT molecular complexity index is 846. The second-order valence-electron chi connectivity index (χ2n) is 7.68. The number of hydrogen-bond donors (Lipinski definition) is 0. The van der Waals surface area contributed by atoms with Crippen LogP contribution in [0.15, 0.2) is 18.2 Å². The predicted molar refractivity (Wildman–Crippen MR) is 106 cm³/mol. The van der Waals surface area contributed by atoms with E-state index in [0.717, 1.165) is 58.4 Å². The Labute approximate surface area is 164 Å². The molecule has 2 aliphatic rings. The maximum atomic E-state index is 13.3. The fourth-order valence-electron chi connectivity index (χ4n) is 3.84. The Kier molecular flexibility index (Phi) is 5.08. The average Bonchev–Trinajstić information content (AvgIpc) is 3.27. The molecule has 1 amide bonds. The van der Waals surface area contributed by atoms with Gasteiger partial charge >= 0.3 is 0 Å². The number of thiazole rings is 1. The molecule has 0 spiro atoms.